The Balaban J connectivity index is 1.81. The summed E-state index contributed by atoms with van der Waals surface area (Å²) in [4.78, 5) is 24.3. The number of halogens is 1. The lowest BCUT2D eigenvalue weighted by atomic mass is 10.2. The molecule has 0 radical (unpaired) electrons. The Morgan fingerprint density at radius 1 is 1.15 bits per heavy atom. The van der Waals surface area contributed by atoms with Crippen LogP contribution < -0.4 is 16.6 Å². The third-order valence-electron chi connectivity index (χ3n) is 3.77. The SMILES string of the molecule is Cc1cc(N)n(/N=C\c2cccc(NC(=O)c3ccccc3Cl)c2)c(=O)c1. The molecule has 0 saturated heterocycles. The molecule has 6 nitrogen and oxygen atoms in total. The van der Waals surface area contributed by atoms with Crippen molar-refractivity contribution in [3.63, 3.8) is 0 Å². The first-order chi connectivity index (χ1) is 12.9. The zero-order valence-electron chi connectivity index (χ0n) is 14.5. The van der Waals surface area contributed by atoms with Crippen LogP contribution in [0.1, 0.15) is 21.5 Å². The molecular formula is C20H17ClN4O2. The first-order valence-corrected chi connectivity index (χ1v) is 8.51. The minimum atomic E-state index is -0.313. The highest BCUT2D eigenvalue weighted by molar-refractivity contribution is 6.34. The van der Waals surface area contributed by atoms with Crippen LogP contribution in [0.5, 0.6) is 0 Å². The Hall–Kier alpha value is -3.38. The van der Waals surface area contributed by atoms with Crippen LogP contribution in [0.2, 0.25) is 5.02 Å². The van der Waals surface area contributed by atoms with Crippen LogP contribution in [0.4, 0.5) is 11.5 Å². The molecule has 0 spiro atoms. The van der Waals surface area contributed by atoms with E-state index >= 15 is 0 Å². The number of nitrogens with one attached hydrogen (secondary N) is 1. The fourth-order valence-corrected chi connectivity index (χ4v) is 2.73. The molecule has 27 heavy (non-hydrogen) atoms. The summed E-state index contributed by atoms with van der Waals surface area (Å²) in [6, 6.07) is 17.0. The molecule has 0 bridgehead atoms. The maximum Gasteiger partial charge on any atom is 0.273 e. The number of amides is 1. The normalized spacial score (nSPS) is 10.9. The lowest BCUT2D eigenvalue weighted by Crippen LogP contribution is -2.19. The van der Waals surface area contributed by atoms with E-state index in [4.69, 9.17) is 17.3 Å². The Bertz CT molecular complexity index is 1090. The zero-order valence-corrected chi connectivity index (χ0v) is 15.3. The molecular weight excluding hydrogens is 364 g/mol. The van der Waals surface area contributed by atoms with Gasteiger partial charge in [0, 0.05) is 11.8 Å². The minimum absolute atomic E-state index is 0.249. The molecule has 0 saturated carbocycles. The number of carbonyl (C=O) groups is 1. The van der Waals surface area contributed by atoms with Gasteiger partial charge in [0.15, 0.2) is 0 Å². The van der Waals surface area contributed by atoms with Crippen LogP contribution in [0.15, 0.2) is 70.6 Å². The fraction of sp³-hybridized carbons (Fsp3) is 0.0500. The highest BCUT2D eigenvalue weighted by atomic mass is 35.5. The van der Waals surface area contributed by atoms with E-state index in [-0.39, 0.29) is 17.3 Å². The first-order valence-electron chi connectivity index (χ1n) is 8.13. The average Bonchev–Trinajstić information content (AvgIpc) is 2.61. The van der Waals surface area contributed by atoms with Gasteiger partial charge in [0.2, 0.25) is 0 Å². The van der Waals surface area contributed by atoms with Gasteiger partial charge in [-0.05, 0) is 48.4 Å². The summed E-state index contributed by atoms with van der Waals surface area (Å²) in [7, 11) is 0. The average molecular weight is 381 g/mol. The van der Waals surface area contributed by atoms with Crippen LogP contribution in [0.25, 0.3) is 0 Å². The van der Waals surface area contributed by atoms with Gasteiger partial charge >= 0.3 is 0 Å². The predicted octanol–water partition coefficient (Wildman–Crippen LogP) is 3.53. The number of aryl methyl sites for hydroxylation is 1. The van der Waals surface area contributed by atoms with Crippen molar-refractivity contribution in [3.8, 4) is 0 Å². The Labute approximate surface area is 160 Å². The Kier molecular flexibility index (Phi) is 5.38. The number of nitrogens with zero attached hydrogens (tertiary/aromatic N) is 2. The van der Waals surface area contributed by atoms with E-state index in [0.29, 0.717) is 21.8 Å². The second-order valence-corrected chi connectivity index (χ2v) is 6.32. The van der Waals surface area contributed by atoms with E-state index < -0.39 is 0 Å². The van der Waals surface area contributed by atoms with Gasteiger partial charge in [-0.1, -0.05) is 35.9 Å². The van der Waals surface area contributed by atoms with Crippen LogP contribution in [-0.2, 0) is 0 Å². The maximum absolute atomic E-state index is 12.4. The van der Waals surface area contributed by atoms with Crippen molar-refractivity contribution in [2.75, 3.05) is 11.1 Å². The Morgan fingerprint density at radius 3 is 2.67 bits per heavy atom. The van der Waals surface area contributed by atoms with Crippen LogP contribution in [0.3, 0.4) is 0 Å². The second-order valence-electron chi connectivity index (χ2n) is 5.91. The number of nitrogen functional groups attached to an aromatic ring is 1. The lowest BCUT2D eigenvalue weighted by molar-refractivity contribution is 0.102. The van der Waals surface area contributed by atoms with Gasteiger partial charge in [-0.15, -0.1) is 0 Å². The summed E-state index contributed by atoms with van der Waals surface area (Å²) in [6.07, 6.45) is 1.50. The molecule has 136 valence electrons. The van der Waals surface area contributed by atoms with E-state index in [1.54, 1.807) is 61.5 Å². The molecule has 0 atom stereocenters. The summed E-state index contributed by atoms with van der Waals surface area (Å²) < 4.78 is 1.11. The van der Waals surface area contributed by atoms with Crippen molar-refractivity contribution in [1.82, 2.24) is 4.68 Å². The number of rotatable bonds is 4. The van der Waals surface area contributed by atoms with E-state index in [0.717, 1.165) is 10.2 Å². The summed E-state index contributed by atoms with van der Waals surface area (Å²) in [5.74, 6) is -0.0619. The van der Waals surface area contributed by atoms with E-state index in [1.807, 2.05) is 0 Å². The van der Waals surface area contributed by atoms with Gasteiger partial charge in [-0.3, -0.25) is 9.59 Å². The van der Waals surface area contributed by atoms with E-state index in [2.05, 4.69) is 10.4 Å². The number of benzene rings is 2. The van der Waals surface area contributed by atoms with Gasteiger partial charge in [0.25, 0.3) is 11.5 Å². The maximum atomic E-state index is 12.4. The standard InChI is InChI=1S/C20H17ClN4O2/c1-13-9-18(22)25(19(26)10-13)23-12-14-5-4-6-15(11-14)24-20(27)16-7-2-3-8-17(16)21/h2-12H,22H2,1H3,(H,24,27)/b23-12-. The highest BCUT2D eigenvalue weighted by Crippen LogP contribution is 2.17. The number of pyridine rings is 1. The molecule has 3 rings (SSSR count). The fourth-order valence-electron chi connectivity index (χ4n) is 2.51. The topological polar surface area (TPSA) is 89.5 Å². The third kappa shape index (κ3) is 4.43. The molecule has 1 heterocycles. The number of anilines is 2. The molecule has 3 N–H and O–H groups in total. The van der Waals surface area contributed by atoms with Crippen LogP contribution in [0, 0.1) is 6.92 Å². The van der Waals surface area contributed by atoms with Crippen molar-refractivity contribution in [2.24, 2.45) is 5.10 Å². The quantitative estimate of drug-likeness (QED) is 0.678. The molecule has 0 aliphatic heterocycles. The molecule has 0 fully saturated rings. The molecule has 3 aromatic rings. The van der Waals surface area contributed by atoms with Crippen LogP contribution in [-0.4, -0.2) is 16.8 Å². The predicted molar refractivity (Wildman–Crippen MR) is 109 cm³/mol. The molecule has 0 aliphatic rings. The summed E-state index contributed by atoms with van der Waals surface area (Å²) in [5, 5.41) is 7.30. The van der Waals surface area contributed by atoms with Crippen molar-refractivity contribution in [3.05, 3.63) is 92.7 Å². The van der Waals surface area contributed by atoms with Crippen molar-refractivity contribution in [2.45, 2.75) is 6.92 Å². The number of hydrogen-bond acceptors (Lipinski definition) is 4. The third-order valence-corrected chi connectivity index (χ3v) is 4.09. The Morgan fingerprint density at radius 2 is 1.93 bits per heavy atom. The van der Waals surface area contributed by atoms with Gasteiger partial charge < -0.3 is 11.1 Å². The monoisotopic (exact) mass is 380 g/mol. The largest absolute Gasteiger partial charge is 0.384 e. The van der Waals surface area contributed by atoms with Crippen molar-refractivity contribution >= 4 is 35.2 Å². The number of nitrogens with two attached hydrogens (primary N) is 1. The highest BCUT2D eigenvalue weighted by Gasteiger charge is 2.09. The minimum Gasteiger partial charge on any atom is -0.384 e. The van der Waals surface area contributed by atoms with E-state index in [1.165, 1.54) is 12.3 Å². The number of carbonyl (C=O) groups excluding carboxylic acids is 1. The summed E-state index contributed by atoms with van der Waals surface area (Å²) in [5.41, 5.74) is 7.96. The van der Waals surface area contributed by atoms with Gasteiger partial charge in [-0.25, -0.2) is 0 Å². The second kappa shape index (κ2) is 7.88. The number of aromatic nitrogens is 1. The number of hydrogen-bond donors (Lipinski definition) is 2. The molecule has 1 amide bonds. The molecule has 1 aromatic heterocycles. The van der Waals surface area contributed by atoms with Crippen LogP contribution >= 0.6 is 11.6 Å². The van der Waals surface area contributed by atoms with E-state index in [9.17, 15) is 9.59 Å². The van der Waals surface area contributed by atoms with Crippen molar-refractivity contribution in [1.29, 1.82) is 0 Å². The molecule has 0 unspecified atom stereocenters. The smallest absolute Gasteiger partial charge is 0.273 e. The van der Waals surface area contributed by atoms with Crippen molar-refractivity contribution < 1.29 is 4.79 Å². The molecule has 2 aromatic carbocycles. The lowest BCUT2D eigenvalue weighted by Gasteiger charge is -2.07. The summed E-state index contributed by atoms with van der Waals surface area (Å²) in [6.45, 7) is 1.79. The zero-order chi connectivity index (χ0) is 19.4. The van der Waals surface area contributed by atoms with Gasteiger partial charge in [-0.2, -0.15) is 9.78 Å². The van der Waals surface area contributed by atoms with Gasteiger partial charge in [0.1, 0.15) is 5.82 Å². The first kappa shape index (κ1) is 18.4. The molecule has 7 heteroatoms. The summed E-state index contributed by atoms with van der Waals surface area (Å²) >= 11 is 6.05. The molecule has 0 aliphatic carbocycles. The van der Waals surface area contributed by atoms with Gasteiger partial charge in [0.05, 0.1) is 16.8 Å².